The highest BCUT2D eigenvalue weighted by Crippen LogP contribution is 2.28. The third-order valence-electron chi connectivity index (χ3n) is 2.68. The van der Waals surface area contributed by atoms with Gasteiger partial charge >= 0.3 is 5.97 Å². The Morgan fingerprint density at radius 3 is 2.82 bits per heavy atom. The maximum absolute atomic E-state index is 10.8. The van der Waals surface area contributed by atoms with Crippen molar-refractivity contribution < 1.29 is 14.4 Å². The summed E-state index contributed by atoms with van der Waals surface area (Å²) in [7, 11) is 0. The quantitative estimate of drug-likeness (QED) is 0.753. The molecule has 1 heterocycles. The van der Waals surface area contributed by atoms with Crippen molar-refractivity contribution in [3.05, 3.63) is 35.9 Å². The van der Waals surface area contributed by atoms with Crippen molar-refractivity contribution in [2.75, 3.05) is 0 Å². The molecule has 0 N–H and O–H groups in total. The molecule has 0 fully saturated rings. The number of oxime groups is 1. The van der Waals surface area contributed by atoms with Crippen LogP contribution < -0.4 is 0 Å². The van der Waals surface area contributed by atoms with Gasteiger partial charge in [-0.2, -0.15) is 0 Å². The second-order valence-electron chi connectivity index (χ2n) is 4.04. The molecule has 0 saturated carbocycles. The number of nitrogens with zero attached hydrogens (tertiary/aromatic N) is 1. The summed E-state index contributed by atoms with van der Waals surface area (Å²) in [6.45, 7) is 3.19. The summed E-state index contributed by atoms with van der Waals surface area (Å²) in [4.78, 5) is 16.2. The van der Waals surface area contributed by atoms with Gasteiger partial charge in [0.25, 0.3) is 0 Å². The molecule has 0 amide bonds. The van der Waals surface area contributed by atoms with Gasteiger partial charge in [0, 0.05) is 13.3 Å². The number of benzene rings is 1. The van der Waals surface area contributed by atoms with Gasteiger partial charge in [-0.15, -0.1) is 0 Å². The van der Waals surface area contributed by atoms with Crippen molar-refractivity contribution >= 4 is 11.7 Å². The van der Waals surface area contributed by atoms with E-state index < -0.39 is 0 Å². The molecule has 1 aliphatic heterocycles. The zero-order valence-corrected chi connectivity index (χ0v) is 9.92. The van der Waals surface area contributed by atoms with Crippen LogP contribution in [0.3, 0.4) is 0 Å². The van der Waals surface area contributed by atoms with Crippen LogP contribution in [0.4, 0.5) is 0 Å². The molecule has 1 aromatic rings. The van der Waals surface area contributed by atoms with E-state index in [1.54, 1.807) is 6.92 Å². The molecule has 2 rings (SSSR count). The van der Waals surface area contributed by atoms with E-state index in [0.717, 1.165) is 11.3 Å². The number of carbonyl (C=O) groups excluding carboxylic acids is 1. The molecule has 0 spiro atoms. The molecule has 4 heteroatoms. The van der Waals surface area contributed by atoms with Crippen LogP contribution in [0.15, 0.2) is 35.5 Å². The predicted molar refractivity (Wildman–Crippen MR) is 63.5 cm³/mol. The Labute approximate surface area is 100 Å². The van der Waals surface area contributed by atoms with Crippen LogP contribution in [0.5, 0.6) is 0 Å². The van der Waals surface area contributed by atoms with E-state index >= 15 is 0 Å². The third kappa shape index (κ3) is 2.84. The first-order valence-electron chi connectivity index (χ1n) is 5.61. The molecule has 90 valence electrons. The fraction of sp³-hybridized carbons (Fsp3) is 0.385. The summed E-state index contributed by atoms with van der Waals surface area (Å²) < 4.78 is 5.07. The molecule has 17 heavy (non-hydrogen) atoms. The van der Waals surface area contributed by atoms with Crippen molar-refractivity contribution in [2.24, 2.45) is 5.16 Å². The molecule has 2 atom stereocenters. The number of rotatable bonds is 3. The Hall–Kier alpha value is -1.84. The fourth-order valence-corrected chi connectivity index (χ4v) is 1.80. The first-order chi connectivity index (χ1) is 8.16. The second kappa shape index (κ2) is 4.99. The van der Waals surface area contributed by atoms with Gasteiger partial charge in [-0.25, -0.2) is 0 Å². The zero-order valence-electron chi connectivity index (χ0n) is 9.92. The Morgan fingerprint density at radius 2 is 2.18 bits per heavy atom. The Bertz CT molecular complexity index is 428. The first-order valence-corrected chi connectivity index (χ1v) is 5.61. The highest BCUT2D eigenvalue weighted by atomic mass is 16.6. The number of hydrogen-bond donors (Lipinski definition) is 0. The largest absolute Gasteiger partial charge is 0.457 e. The van der Waals surface area contributed by atoms with E-state index in [4.69, 9.17) is 9.57 Å². The van der Waals surface area contributed by atoms with Gasteiger partial charge in [0.1, 0.15) is 11.8 Å². The smallest absolute Gasteiger partial charge is 0.303 e. The van der Waals surface area contributed by atoms with Gasteiger partial charge in [0.2, 0.25) is 0 Å². The minimum Gasteiger partial charge on any atom is -0.457 e. The minimum absolute atomic E-state index is 0.0655. The van der Waals surface area contributed by atoms with Gasteiger partial charge < -0.3 is 9.57 Å². The number of esters is 1. The molecule has 1 aliphatic rings. The Balaban J connectivity index is 1.97. The highest BCUT2D eigenvalue weighted by molar-refractivity contribution is 5.90. The molecule has 0 saturated heterocycles. The van der Waals surface area contributed by atoms with E-state index in [0.29, 0.717) is 6.42 Å². The zero-order chi connectivity index (χ0) is 12.3. The van der Waals surface area contributed by atoms with Crippen molar-refractivity contribution in [3.63, 3.8) is 0 Å². The monoisotopic (exact) mass is 233 g/mol. The lowest BCUT2D eigenvalue weighted by Gasteiger charge is -2.11. The summed E-state index contributed by atoms with van der Waals surface area (Å²) in [5.74, 6) is -0.302. The van der Waals surface area contributed by atoms with Gasteiger partial charge in [0.15, 0.2) is 6.10 Å². The summed E-state index contributed by atoms with van der Waals surface area (Å²) in [6, 6.07) is 9.89. The van der Waals surface area contributed by atoms with Crippen LogP contribution in [0.2, 0.25) is 0 Å². The van der Waals surface area contributed by atoms with E-state index in [1.807, 2.05) is 30.3 Å². The average molecular weight is 233 g/mol. The number of carbonyl (C=O) groups is 1. The summed E-state index contributed by atoms with van der Waals surface area (Å²) in [5.41, 5.74) is 1.86. The third-order valence-corrected chi connectivity index (χ3v) is 2.68. The predicted octanol–water partition coefficient (Wildman–Crippen LogP) is 2.46. The van der Waals surface area contributed by atoms with Gasteiger partial charge in [-0.1, -0.05) is 35.5 Å². The van der Waals surface area contributed by atoms with Crippen LogP contribution in [0.25, 0.3) is 0 Å². The standard InChI is InChI=1S/C13H15NO3/c1-9(16-10(2)15)12-8-13(17-14-12)11-6-4-3-5-7-11/h3-7,9,13H,8H2,1-2H3/t9-,13?/m0/s1. The lowest BCUT2D eigenvalue weighted by atomic mass is 10.0. The molecular formula is C13H15NO3. The second-order valence-corrected chi connectivity index (χ2v) is 4.04. The molecule has 1 aromatic carbocycles. The average Bonchev–Trinajstić information content (AvgIpc) is 2.78. The molecule has 4 nitrogen and oxygen atoms in total. The van der Waals surface area contributed by atoms with Crippen molar-refractivity contribution in [1.29, 1.82) is 0 Å². The van der Waals surface area contributed by atoms with Gasteiger partial charge in [0.05, 0.1) is 0 Å². The fourth-order valence-electron chi connectivity index (χ4n) is 1.80. The van der Waals surface area contributed by atoms with Crippen LogP contribution in [0, 0.1) is 0 Å². The van der Waals surface area contributed by atoms with E-state index in [2.05, 4.69) is 5.16 Å². The summed E-state index contributed by atoms with van der Waals surface area (Å²) >= 11 is 0. The topological polar surface area (TPSA) is 47.9 Å². The number of hydrogen-bond acceptors (Lipinski definition) is 4. The van der Waals surface area contributed by atoms with Crippen LogP contribution in [-0.2, 0) is 14.4 Å². The lowest BCUT2D eigenvalue weighted by molar-refractivity contribution is -0.142. The van der Waals surface area contributed by atoms with Gasteiger partial charge in [-0.3, -0.25) is 4.79 Å². The van der Waals surface area contributed by atoms with E-state index in [1.165, 1.54) is 6.92 Å². The van der Waals surface area contributed by atoms with E-state index in [-0.39, 0.29) is 18.2 Å². The van der Waals surface area contributed by atoms with Crippen molar-refractivity contribution in [3.8, 4) is 0 Å². The maximum atomic E-state index is 10.8. The molecule has 0 aliphatic carbocycles. The van der Waals surface area contributed by atoms with Crippen LogP contribution in [0.1, 0.15) is 31.9 Å². The SMILES string of the molecule is CC(=O)O[C@@H](C)C1=NOC(c2ccccc2)C1. The van der Waals surface area contributed by atoms with E-state index in [9.17, 15) is 4.79 Å². The first kappa shape index (κ1) is 11.6. The molecule has 0 aromatic heterocycles. The minimum atomic E-state index is -0.318. The molecule has 0 bridgehead atoms. The number of ether oxygens (including phenoxy) is 1. The normalized spacial score (nSPS) is 20.4. The van der Waals surface area contributed by atoms with Gasteiger partial charge in [-0.05, 0) is 12.5 Å². The Kier molecular flexibility index (Phi) is 3.42. The lowest BCUT2D eigenvalue weighted by Crippen LogP contribution is -2.22. The highest BCUT2D eigenvalue weighted by Gasteiger charge is 2.27. The van der Waals surface area contributed by atoms with Crippen LogP contribution in [-0.4, -0.2) is 17.8 Å². The van der Waals surface area contributed by atoms with Crippen LogP contribution >= 0.6 is 0 Å². The maximum Gasteiger partial charge on any atom is 0.303 e. The summed E-state index contributed by atoms with van der Waals surface area (Å²) in [5, 5.41) is 3.99. The Morgan fingerprint density at radius 1 is 1.47 bits per heavy atom. The van der Waals surface area contributed by atoms with Crippen molar-refractivity contribution in [1.82, 2.24) is 0 Å². The molecule has 0 radical (unpaired) electrons. The van der Waals surface area contributed by atoms with Crippen molar-refractivity contribution in [2.45, 2.75) is 32.5 Å². The molecular weight excluding hydrogens is 218 g/mol. The summed E-state index contributed by atoms with van der Waals surface area (Å²) in [6.07, 6.45) is 0.281. The molecule has 1 unspecified atom stereocenters.